The van der Waals surface area contributed by atoms with Gasteiger partial charge >= 0.3 is 5.97 Å². The zero-order chi connectivity index (χ0) is 19.4. The number of fused-ring (bicyclic) bond motifs is 1. The number of thiophene rings is 1. The Balaban J connectivity index is 1.83. The summed E-state index contributed by atoms with van der Waals surface area (Å²) in [5.41, 5.74) is 1.49. The number of amides is 1. The molecule has 0 saturated heterocycles. The third-order valence-electron chi connectivity index (χ3n) is 4.57. The SMILES string of the molecule is CC[C@@H](Oc1ccccc1Cl)C(=O)Nc1sc2c(c1C(=O)OC)CCCC2. The van der Waals surface area contributed by atoms with Crippen molar-refractivity contribution >= 4 is 39.8 Å². The van der Waals surface area contributed by atoms with Gasteiger partial charge in [0.05, 0.1) is 17.7 Å². The molecule has 0 saturated carbocycles. The van der Waals surface area contributed by atoms with Crippen LogP contribution in [0.1, 0.15) is 47.0 Å². The van der Waals surface area contributed by atoms with Crippen LogP contribution in [0.2, 0.25) is 5.02 Å². The first kappa shape index (κ1) is 19.7. The second kappa shape index (κ2) is 8.76. The lowest BCUT2D eigenvalue weighted by atomic mass is 9.95. The highest BCUT2D eigenvalue weighted by Crippen LogP contribution is 2.38. The number of para-hydroxylation sites is 1. The highest BCUT2D eigenvalue weighted by Gasteiger charge is 2.29. The minimum Gasteiger partial charge on any atom is -0.479 e. The molecule has 0 aliphatic heterocycles. The molecule has 0 spiro atoms. The summed E-state index contributed by atoms with van der Waals surface area (Å²) >= 11 is 7.59. The van der Waals surface area contributed by atoms with Gasteiger partial charge in [0.25, 0.3) is 5.91 Å². The van der Waals surface area contributed by atoms with Crippen molar-refractivity contribution in [3.8, 4) is 5.75 Å². The van der Waals surface area contributed by atoms with Crippen molar-refractivity contribution in [3.63, 3.8) is 0 Å². The van der Waals surface area contributed by atoms with E-state index in [0.29, 0.717) is 27.8 Å². The van der Waals surface area contributed by atoms with Crippen LogP contribution in [0.3, 0.4) is 0 Å². The van der Waals surface area contributed by atoms with Gasteiger partial charge in [-0.3, -0.25) is 4.79 Å². The monoisotopic (exact) mass is 407 g/mol. The Hall–Kier alpha value is -2.05. The molecule has 144 valence electrons. The number of rotatable bonds is 6. The molecular formula is C20H22ClNO4S. The van der Waals surface area contributed by atoms with Crippen LogP contribution in [0.25, 0.3) is 0 Å². The molecule has 0 fully saturated rings. The Labute approximate surface area is 167 Å². The smallest absolute Gasteiger partial charge is 0.341 e. The predicted octanol–water partition coefficient (Wildman–Crippen LogP) is 4.86. The van der Waals surface area contributed by atoms with Gasteiger partial charge in [0, 0.05) is 4.88 Å². The molecule has 3 rings (SSSR count). The molecule has 1 N–H and O–H groups in total. The first-order valence-corrected chi connectivity index (χ1v) is 10.2. The zero-order valence-electron chi connectivity index (χ0n) is 15.3. The lowest BCUT2D eigenvalue weighted by Crippen LogP contribution is -2.32. The lowest BCUT2D eigenvalue weighted by molar-refractivity contribution is -0.122. The number of carbonyl (C=O) groups excluding carboxylic acids is 2. The van der Waals surface area contributed by atoms with Gasteiger partial charge in [0.2, 0.25) is 0 Å². The number of benzene rings is 1. The minimum atomic E-state index is -0.713. The van der Waals surface area contributed by atoms with Gasteiger partial charge in [-0.1, -0.05) is 30.7 Å². The zero-order valence-corrected chi connectivity index (χ0v) is 16.9. The van der Waals surface area contributed by atoms with Crippen molar-refractivity contribution in [3.05, 3.63) is 45.3 Å². The molecule has 1 heterocycles. The second-order valence-electron chi connectivity index (χ2n) is 6.34. The van der Waals surface area contributed by atoms with Crippen molar-refractivity contribution < 1.29 is 19.1 Å². The molecule has 0 bridgehead atoms. The molecule has 27 heavy (non-hydrogen) atoms. The molecule has 1 aliphatic carbocycles. The standard InChI is InChI=1S/C20H22ClNO4S/c1-3-14(26-15-10-6-5-9-13(15)21)18(23)22-19-17(20(24)25-2)12-8-4-7-11-16(12)27-19/h5-6,9-10,14H,3-4,7-8,11H2,1-2H3,(H,22,23)/t14-/m1/s1. The fourth-order valence-corrected chi connectivity index (χ4v) is 4.64. The number of methoxy groups -OCH3 is 1. The van der Waals surface area contributed by atoms with Crippen LogP contribution in [0.5, 0.6) is 5.75 Å². The number of hydrogen-bond donors (Lipinski definition) is 1. The number of ether oxygens (including phenoxy) is 2. The summed E-state index contributed by atoms with van der Waals surface area (Å²) in [6.07, 6.45) is 3.64. The topological polar surface area (TPSA) is 64.6 Å². The molecule has 0 radical (unpaired) electrons. The van der Waals surface area contributed by atoms with Gasteiger partial charge < -0.3 is 14.8 Å². The van der Waals surface area contributed by atoms with Crippen molar-refractivity contribution in [2.24, 2.45) is 0 Å². The molecule has 1 aliphatic rings. The van der Waals surface area contributed by atoms with E-state index in [0.717, 1.165) is 36.1 Å². The van der Waals surface area contributed by atoms with Crippen LogP contribution < -0.4 is 10.1 Å². The summed E-state index contributed by atoms with van der Waals surface area (Å²) in [4.78, 5) is 26.3. The number of halogens is 1. The van der Waals surface area contributed by atoms with E-state index in [4.69, 9.17) is 21.1 Å². The van der Waals surface area contributed by atoms with E-state index in [1.165, 1.54) is 18.4 Å². The minimum absolute atomic E-state index is 0.304. The average Bonchev–Trinajstić information content (AvgIpc) is 3.04. The molecule has 5 nitrogen and oxygen atoms in total. The summed E-state index contributed by atoms with van der Waals surface area (Å²) in [5.74, 6) is -0.259. The molecule has 1 aromatic heterocycles. The third kappa shape index (κ3) is 4.28. The van der Waals surface area contributed by atoms with Crippen LogP contribution >= 0.6 is 22.9 Å². The predicted molar refractivity (Wildman–Crippen MR) is 107 cm³/mol. The van der Waals surface area contributed by atoms with Crippen LogP contribution in [0, 0.1) is 0 Å². The average molecular weight is 408 g/mol. The quantitative estimate of drug-likeness (QED) is 0.694. The molecule has 1 aromatic carbocycles. The van der Waals surface area contributed by atoms with Crippen LogP contribution in [0.4, 0.5) is 5.00 Å². The number of carbonyl (C=O) groups is 2. The van der Waals surface area contributed by atoms with Crippen molar-refractivity contribution in [2.45, 2.75) is 45.1 Å². The fourth-order valence-electron chi connectivity index (χ4n) is 3.18. The summed E-state index contributed by atoms with van der Waals surface area (Å²) in [7, 11) is 1.36. The summed E-state index contributed by atoms with van der Waals surface area (Å²) in [6.45, 7) is 1.86. The Morgan fingerprint density at radius 2 is 2.00 bits per heavy atom. The lowest BCUT2D eigenvalue weighted by Gasteiger charge is -2.18. The maximum absolute atomic E-state index is 12.8. The first-order chi connectivity index (χ1) is 13.0. The van der Waals surface area contributed by atoms with E-state index in [1.807, 2.05) is 6.92 Å². The Kier molecular flexibility index (Phi) is 6.39. The summed E-state index contributed by atoms with van der Waals surface area (Å²) in [5, 5.41) is 3.88. The van der Waals surface area contributed by atoms with Crippen molar-refractivity contribution in [1.29, 1.82) is 0 Å². The third-order valence-corrected chi connectivity index (χ3v) is 6.09. The van der Waals surface area contributed by atoms with E-state index < -0.39 is 12.1 Å². The highest BCUT2D eigenvalue weighted by atomic mass is 35.5. The van der Waals surface area contributed by atoms with Gasteiger partial charge in [0.1, 0.15) is 10.8 Å². The number of hydrogen-bond acceptors (Lipinski definition) is 5. The van der Waals surface area contributed by atoms with E-state index in [1.54, 1.807) is 24.3 Å². The maximum atomic E-state index is 12.8. The Morgan fingerprint density at radius 3 is 2.70 bits per heavy atom. The van der Waals surface area contributed by atoms with Gasteiger partial charge in [-0.2, -0.15) is 0 Å². The Morgan fingerprint density at radius 1 is 1.26 bits per heavy atom. The van der Waals surface area contributed by atoms with E-state index in [2.05, 4.69) is 5.32 Å². The van der Waals surface area contributed by atoms with Crippen LogP contribution in [-0.4, -0.2) is 25.1 Å². The van der Waals surface area contributed by atoms with Crippen LogP contribution in [0.15, 0.2) is 24.3 Å². The van der Waals surface area contributed by atoms with Crippen molar-refractivity contribution in [1.82, 2.24) is 0 Å². The van der Waals surface area contributed by atoms with Gasteiger partial charge in [-0.05, 0) is 49.8 Å². The first-order valence-electron chi connectivity index (χ1n) is 9.00. The van der Waals surface area contributed by atoms with E-state index in [-0.39, 0.29) is 5.91 Å². The fraction of sp³-hybridized carbons (Fsp3) is 0.400. The highest BCUT2D eigenvalue weighted by molar-refractivity contribution is 7.17. The van der Waals surface area contributed by atoms with Gasteiger partial charge in [0.15, 0.2) is 6.10 Å². The maximum Gasteiger partial charge on any atom is 0.341 e. The van der Waals surface area contributed by atoms with Crippen LogP contribution in [-0.2, 0) is 22.4 Å². The van der Waals surface area contributed by atoms with Gasteiger partial charge in [-0.25, -0.2) is 4.79 Å². The van der Waals surface area contributed by atoms with Crippen molar-refractivity contribution in [2.75, 3.05) is 12.4 Å². The normalized spacial score (nSPS) is 14.2. The molecule has 0 unspecified atom stereocenters. The summed E-state index contributed by atoms with van der Waals surface area (Å²) < 4.78 is 10.8. The molecule has 2 aromatic rings. The largest absolute Gasteiger partial charge is 0.479 e. The number of aryl methyl sites for hydroxylation is 1. The Bertz CT molecular complexity index is 849. The summed E-state index contributed by atoms with van der Waals surface area (Å²) in [6, 6.07) is 7.04. The molecule has 1 atom stereocenters. The number of esters is 1. The molecular weight excluding hydrogens is 386 g/mol. The second-order valence-corrected chi connectivity index (χ2v) is 7.85. The van der Waals surface area contributed by atoms with E-state index >= 15 is 0 Å². The molecule has 1 amide bonds. The number of nitrogens with one attached hydrogen (secondary N) is 1. The number of anilines is 1. The van der Waals surface area contributed by atoms with Gasteiger partial charge in [-0.15, -0.1) is 11.3 Å². The van der Waals surface area contributed by atoms with E-state index in [9.17, 15) is 9.59 Å². The molecule has 7 heteroatoms.